The number of rotatable bonds is 5. The molecule has 104 valence electrons. The van der Waals surface area contributed by atoms with Crippen molar-refractivity contribution in [3.05, 3.63) is 11.4 Å². The second-order valence-electron chi connectivity index (χ2n) is 3.59. The Bertz CT molecular complexity index is 573. The first-order chi connectivity index (χ1) is 8.94. The van der Waals surface area contributed by atoms with Crippen LogP contribution in [0.3, 0.4) is 0 Å². The van der Waals surface area contributed by atoms with Crippen molar-refractivity contribution in [3.8, 4) is 0 Å². The number of halogens is 4. The number of hydrogen-bond donors (Lipinski definition) is 3. The third-order valence-electron chi connectivity index (χ3n) is 2.26. The summed E-state index contributed by atoms with van der Waals surface area (Å²) in [6.07, 6.45) is -3.74. The lowest BCUT2D eigenvalue weighted by Gasteiger charge is -2.16. The van der Waals surface area contributed by atoms with Crippen molar-refractivity contribution in [2.45, 2.75) is 12.3 Å². The van der Waals surface area contributed by atoms with E-state index in [-0.39, 0.29) is 11.8 Å². The highest BCUT2D eigenvalue weighted by Gasteiger charge is 2.40. The van der Waals surface area contributed by atoms with Gasteiger partial charge in [-0.05, 0) is 11.4 Å². The summed E-state index contributed by atoms with van der Waals surface area (Å²) in [6, 6.07) is 1.60. The molecule has 5 nitrogen and oxygen atoms in total. The molecular formula is C9H9F4N5S. The molecule has 2 aromatic heterocycles. The number of nitrogens with one attached hydrogen (secondary N) is 2. The normalized spacial score (nSPS) is 12.1. The van der Waals surface area contributed by atoms with Gasteiger partial charge in [-0.3, -0.25) is 5.43 Å². The molecule has 0 spiro atoms. The molecule has 0 amide bonds. The first-order valence-electron chi connectivity index (χ1n) is 5.06. The molecule has 0 fully saturated rings. The number of thiophene rings is 1. The fourth-order valence-electron chi connectivity index (χ4n) is 1.33. The maximum atomic E-state index is 12.8. The number of aromatic nitrogens is 2. The smallest absolute Gasteiger partial charge is 0.324 e. The lowest BCUT2D eigenvalue weighted by Crippen LogP contribution is -2.35. The van der Waals surface area contributed by atoms with E-state index in [1.165, 1.54) is 11.3 Å². The van der Waals surface area contributed by atoms with E-state index in [4.69, 9.17) is 5.84 Å². The molecule has 0 aliphatic carbocycles. The second-order valence-corrected chi connectivity index (χ2v) is 4.49. The molecule has 0 radical (unpaired) electrons. The maximum Gasteiger partial charge on any atom is 0.324 e. The van der Waals surface area contributed by atoms with E-state index >= 15 is 0 Å². The van der Waals surface area contributed by atoms with Gasteiger partial charge >= 0.3 is 12.3 Å². The van der Waals surface area contributed by atoms with E-state index in [0.717, 1.165) is 0 Å². The largest absolute Gasteiger partial charge is 0.363 e. The number of anilines is 2. The topological polar surface area (TPSA) is 75.9 Å². The van der Waals surface area contributed by atoms with E-state index in [1.54, 1.807) is 11.4 Å². The number of hydrazine groups is 1. The zero-order valence-corrected chi connectivity index (χ0v) is 10.1. The van der Waals surface area contributed by atoms with Gasteiger partial charge in [-0.25, -0.2) is 19.6 Å². The lowest BCUT2D eigenvalue weighted by molar-refractivity contribution is -0.117. The SMILES string of the molecule is NNc1nc(NCC(F)(F)C(F)F)c2ccsc2n1. The summed E-state index contributed by atoms with van der Waals surface area (Å²) >= 11 is 1.25. The highest BCUT2D eigenvalue weighted by molar-refractivity contribution is 7.16. The number of hydrogen-bond acceptors (Lipinski definition) is 6. The Hall–Kier alpha value is -1.68. The van der Waals surface area contributed by atoms with Crippen LogP contribution in [0.1, 0.15) is 0 Å². The number of nitrogens with zero attached hydrogens (tertiary/aromatic N) is 2. The van der Waals surface area contributed by atoms with Gasteiger partial charge < -0.3 is 5.32 Å². The molecule has 2 aromatic rings. The minimum absolute atomic E-state index is 0.0119. The average molecular weight is 295 g/mol. The fourth-order valence-corrected chi connectivity index (χ4v) is 2.10. The molecule has 0 aromatic carbocycles. The summed E-state index contributed by atoms with van der Waals surface area (Å²) in [5.74, 6) is 1.05. The van der Waals surface area contributed by atoms with Crippen molar-refractivity contribution >= 4 is 33.3 Å². The van der Waals surface area contributed by atoms with Crippen LogP contribution in [0.2, 0.25) is 0 Å². The Labute approximate surface area is 108 Å². The summed E-state index contributed by atoms with van der Waals surface area (Å²) in [7, 11) is 0. The van der Waals surface area contributed by atoms with E-state index in [1.807, 2.05) is 0 Å². The van der Waals surface area contributed by atoms with E-state index in [0.29, 0.717) is 10.2 Å². The summed E-state index contributed by atoms with van der Waals surface area (Å²) < 4.78 is 49.8. The van der Waals surface area contributed by atoms with Gasteiger partial charge in [-0.15, -0.1) is 11.3 Å². The average Bonchev–Trinajstić information content (AvgIpc) is 2.83. The zero-order valence-electron chi connectivity index (χ0n) is 9.33. The lowest BCUT2D eigenvalue weighted by atomic mass is 10.3. The van der Waals surface area contributed by atoms with Crippen molar-refractivity contribution in [2.75, 3.05) is 17.3 Å². The van der Waals surface area contributed by atoms with Crippen LogP contribution in [0.4, 0.5) is 29.3 Å². The third-order valence-corrected chi connectivity index (χ3v) is 3.07. The van der Waals surface area contributed by atoms with Crippen molar-refractivity contribution in [1.29, 1.82) is 0 Å². The van der Waals surface area contributed by atoms with Crippen LogP contribution < -0.4 is 16.6 Å². The standard InChI is InChI=1S/C9H9F4N5S/c10-7(11)9(12,13)3-15-5-4-1-2-19-6(4)17-8(16-5)18-14/h1-2,7H,3,14H2,(H2,15,16,17,18). The monoisotopic (exact) mass is 295 g/mol. The summed E-state index contributed by atoms with van der Waals surface area (Å²) in [4.78, 5) is 8.32. The second kappa shape index (κ2) is 5.13. The molecular weight excluding hydrogens is 286 g/mol. The Morgan fingerprint density at radius 3 is 2.74 bits per heavy atom. The number of fused-ring (bicyclic) bond motifs is 1. The molecule has 0 aliphatic heterocycles. The predicted molar refractivity (Wildman–Crippen MR) is 64.7 cm³/mol. The van der Waals surface area contributed by atoms with Gasteiger partial charge in [0.2, 0.25) is 5.95 Å². The molecule has 0 aliphatic rings. The number of nitrogens with two attached hydrogens (primary N) is 1. The molecule has 10 heteroatoms. The minimum Gasteiger partial charge on any atom is -0.363 e. The minimum atomic E-state index is -4.14. The highest BCUT2D eigenvalue weighted by Crippen LogP contribution is 2.28. The molecule has 0 atom stereocenters. The van der Waals surface area contributed by atoms with Gasteiger partial charge in [-0.1, -0.05) is 0 Å². The molecule has 0 unspecified atom stereocenters. The van der Waals surface area contributed by atoms with Gasteiger partial charge in [0.05, 0.1) is 11.9 Å². The Morgan fingerprint density at radius 2 is 2.11 bits per heavy atom. The van der Waals surface area contributed by atoms with Gasteiger partial charge in [0.15, 0.2) is 0 Å². The number of nitrogen functional groups attached to an aromatic ring is 1. The van der Waals surface area contributed by atoms with Gasteiger partial charge in [-0.2, -0.15) is 13.8 Å². The zero-order chi connectivity index (χ0) is 14.0. The van der Waals surface area contributed by atoms with Crippen LogP contribution in [-0.2, 0) is 0 Å². The fraction of sp³-hybridized carbons (Fsp3) is 0.333. The van der Waals surface area contributed by atoms with Gasteiger partial charge in [0.25, 0.3) is 0 Å². The van der Waals surface area contributed by atoms with Crippen LogP contribution in [-0.4, -0.2) is 28.9 Å². The molecule has 19 heavy (non-hydrogen) atoms. The van der Waals surface area contributed by atoms with Crippen molar-refractivity contribution in [2.24, 2.45) is 5.84 Å². The molecule has 0 saturated heterocycles. The molecule has 2 rings (SSSR count). The van der Waals surface area contributed by atoms with Crippen molar-refractivity contribution < 1.29 is 17.6 Å². The summed E-state index contributed by atoms with van der Waals surface area (Å²) in [5.41, 5.74) is 2.18. The molecule has 0 bridgehead atoms. The van der Waals surface area contributed by atoms with Crippen LogP contribution in [0, 0.1) is 0 Å². The van der Waals surface area contributed by atoms with E-state index < -0.39 is 18.9 Å². The van der Waals surface area contributed by atoms with E-state index in [2.05, 4.69) is 20.7 Å². The Morgan fingerprint density at radius 1 is 1.37 bits per heavy atom. The Balaban J connectivity index is 2.27. The van der Waals surface area contributed by atoms with Crippen molar-refractivity contribution in [3.63, 3.8) is 0 Å². The van der Waals surface area contributed by atoms with Gasteiger partial charge in [0, 0.05) is 0 Å². The third kappa shape index (κ3) is 2.84. The van der Waals surface area contributed by atoms with Crippen molar-refractivity contribution in [1.82, 2.24) is 9.97 Å². The van der Waals surface area contributed by atoms with Crippen LogP contribution in [0.25, 0.3) is 10.2 Å². The van der Waals surface area contributed by atoms with Gasteiger partial charge in [0.1, 0.15) is 10.6 Å². The highest BCUT2D eigenvalue weighted by atomic mass is 32.1. The molecule has 4 N–H and O–H groups in total. The van der Waals surface area contributed by atoms with Crippen LogP contribution in [0.5, 0.6) is 0 Å². The maximum absolute atomic E-state index is 12.8. The first kappa shape index (κ1) is 13.7. The Kier molecular flexibility index (Phi) is 3.71. The van der Waals surface area contributed by atoms with Crippen LogP contribution >= 0.6 is 11.3 Å². The quantitative estimate of drug-likeness (QED) is 0.448. The summed E-state index contributed by atoms with van der Waals surface area (Å²) in [5, 5.41) is 4.34. The summed E-state index contributed by atoms with van der Waals surface area (Å²) in [6.45, 7) is -1.23. The van der Waals surface area contributed by atoms with Crippen LogP contribution in [0.15, 0.2) is 11.4 Å². The number of alkyl halides is 4. The molecule has 2 heterocycles. The van der Waals surface area contributed by atoms with E-state index in [9.17, 15) is 17.6 Å². The first-order valence-corrected chi connectivity index (χ1v) is 5.93. The molecule has 0 saturated carbocycles. The predicted octanol–water partition coefficient (Wildman–Crippen LogP) is 2.29.